The molecule has 7 nitrogen and oxygen atoms in total. The number of anilines is 1. The standard InChI is InChI=1S/C28H27F3N4O3S/c1-17-4-6-20(7-5-17)26(36)34(16-28(29,30)31)22-15-23(39-25(22)27(37)38-2)19-10-8-18(9-11-19)21-14-24-32-12-3-13-35(24)33-21/h3,8-15,17,20H,4-7,16H2,1-2H3/t17-,20-. The van der Waals surface area contributed by atoms with E-state index in [2.05, 4.69) is 17.0 Å². The Kier molecular flexibility index (Phi) is 7.44. The first kappa shape index (κ1) is 26.9. The number of alkyl halides is 3. The van der Waals surface area contributed by atoms with E-state index in [1.165, 1.54) is 13.2 Å². The van der Waals surface area contributed by atoms with Crippen molar-refractivity contribution in [3.8, 4) is 21.7 Å². The highest BCUT2D eigenvalue weighted by Gasteiger charge is 2.39. The summed E-state index contributed by atoms with van der Waals surface area (Å²) in [6.45, 7) is 0.602. The van der Waals surface area contributed by atoms with Crippen molar-refractivity contribution in [2.45, 2.75) is 38.8 Å². The van der Waals surface area contributed by atoms with E-state index in [1.54, 1.807) is 23.0 Å². The number of esters is 1. The predicted octanol–water partition coefficient (Wildman–Crippen LogP) is 6.63. The van der Waals surface area contributed by atoms with Crippen LogP contribution in [0.5, 0.6) is 0 Å². The Morgan fingerprint density at radius 2 is 1.79 bits per heavy atom. The minimum Gasteiger partial charge on any atom is -0.465 e. The van der Waals surface area contributed by atoms with E-state index in [0.29, 0.717) is 40.5 Å². The maximum atomic E-state index is 13.7. The van der Waals surface area contributed by atoms with Gasteiger partial charge in [0.1, 0.15) is 11.4 Å². The Morgan fingerprint density at radius 3 is 2.44 bits per heavy atom. The van der Waals surface area contributed by atoms with Crippen molar-refractivity contribution in [3.05, 3.63) is 59.7 Å². The van der Waals surface area contributed by atoms with Crippen molar-refractivity contribution < 1.29 is 27.5 Å². The highest BCUT2D eigenvalue weighted by atomic mass is 32.1. The van der Waals surface area contributed by atoms with Crippen LogP contribution in [-0.4, -0.2) is 46.3 Å². The summed E-state index contributed by atoms with van der Waals surface area (Å²) < 4.78 is 47.6. The minimum atomic E-state index is -4.64. The fourth-order valence-corrected chi connectivity index (χ4v) is 6.01. The van der Waals surface area contributed by atoms with Crippen LogP contribution in [0.4, 0.5) is 18.9 Å². The third-order valence-corrected chi connectivity index (χ3v) is 8.20. The number of halogens is 3. The molecule has 0 spiro atoms. The quantitative estimate of drug-likeness (QED) is 0.249. The molecule has 1 aliphatic rings. The van der Waals surface area contributed by atoms with Crippen molar-refractivity contribution in [1.82, 2.24) is 14.6 Å². The molecule has 3 heterocycles. The molecular weight excluding hydrogens is 529 g/mol. The number of hydrogen-bond donors (Lipinski definition) is 0. The van der Waals surface area contributed by atoms with Crippen LogP contribution in [0.15, 0.2) is 54.9 Å². The zero-order valence-electron chi connectivity index (χ0n) is 21.4. The number of rotatable bonds is 6. The first-order valence-corrected chi connectivity index (χ1v) is 13.5. The molecular formula is C28H27F3N4O3S. The van der Waals surface area contributed by atoms with Gasteiger partial charge >= 0.3 is 12.1 Å². The number of aromatic nitrogens is 3. The number of carbonyl (C=O) groups is 2. The molecule has 0 N–H and O–H groups in total. The van der Waals surface area contributed by atoms with Gasteiger partial charge in [0, 0.05) is 34.8 Å². The lowest BCUT2D eigenvalue weighted by atomic mass is 9.82. The second-order valence-corrected chi connectivity index (χ2v) is 10.9. The summed E-state index contributed by atoms with van der Waals surface area (Å²) in [7, 11) is 1.17. The summed E-state index contributed by atoms with van der Waals surface area (Å²) >= 11 is 1.00. The lowest BCUT2D eigenvalue weighted by Crippen LogP contribution is -2.43. The monoisotopic (exact) mass is 556 g/mol. The van der Waals surface area contributed by atoms with E-state index in [1.807, 2.05) is 30.3 Å². The number of nitrogens with zero attached hydrogens (tertiary/aromatic N) is 4. The van der Waals surface area contributed by atoms with Gasteiger partial charge < -0.3 is 9.64 Å². The average molecular weight is 557 g/mol. The second kappa shape index (κ2) is 10.8. The molecule has 0 bridgehead atoms. The molecule has 0 unspecified atom stereocenters. The maximum absolute atomic E-state index is 13.7. The maximum Gasteiger partial charge on any atom is 0.406 e. The Hall–Kier alpha value is -3.73. The minimum absolute atomic E-state index is 0.0372. The summed E-state index contributed by atoms with van der Waals surface area (Å²) in [4.78, 5) is 31.6. The summed E-state index contributed by atoms with van der Waals surface area (Å²) in [5.74, 6) is -1.48. The molecule has 204 valence electrons. The lowest BCUT2D eigenvalue weighted by Gasteiger charge is -2.31. The molecule has 0 radical (unpaired) electrons. The van der Waals surface area contributed by atoms with Gasteiger partial charge in [0.05, 0.1) is 18.5 Å². The van der Waals surface area contributed by atoms with Gasteiger partial charge in [0.15, 0.2) is 5.65 Å². The van der Waals surface area contributed by atoms with Crippen LogP contribution in [-0.2, 0) is 9.53 Å². The van der Waals surface area contributed by atoms with E-state index in [-0.39, 0.29) is 10.6 Å². The Labute approximate surface area is 227 Å². The molecule has 1 aromatic carbocycles. The molecule has 39 heavy (non-hydrogen) atoms. The van der Waals surface area contributed by atoms with Crippen LogP contribution in [0, 0.1) is 11.8 Å². The van der Waals surface area contributed by atoms with E-state index in [9.17, 15) is 22.8 Å². The van der Waals surface area contributed by atoms with Gasteiger partial charge in [0.2, 0.25) is 5.91 Å². The first-order valence-electron chi connectivity index (χ1n) is 12.6. The molecule has 1 saturated carbocycles. The Balaban J connectivity index is 1.50. The first-order chi connectivity index (χ1) is 18.6. The van der Waals surface area contributed by atoms with Gasteiger partial charge in [-0.15, -0.1) is 11.3 Å². The molecule has 4 aromatic rings. The van der Waals surface area contributed by atoms with Gasteiger partial charge in [-0.3, -0.25) is 4.79 Å². The number of ether oxygens (including phenoxy) is 1. The summed E-state index contributed by atoms with van der Waals surface area (Å²) in [5.41, 5.74) is 2.86. The second-order valence-electron chi connectivity index (χ2n) is 9.84. The zero-order valence-corrected chi connectivity index (χ0v) is 22.3. The summed E-state index contributed by atoms with van der Waals surface area (Å²) in [5, 5.41) is 4.51. The Morgan fingerprint density at radius 1 is 1.10 bits per heavy atom. The molecule has 3 aromatic heterocycles. The fraction of sp³-hybridized carbons (Fsp3) is 0.357. The smallest absolute Gasteiger partial charge is 0.406 e. The number of benzene rings is 1. The van der Waals surface area contributed by atoms with E-state index in [0.717, 1.165) is 34.6 Å². The third kappa shape index (κ3) is 5.83. The number of amides is 1. The van der Waals surface area contributed by atoms with Crippen LogP contribution >= 0.6 is 11.3 Å². The van der Waals surface area contributed by atoms with E-state index >= 15 is 0 Å². The number of thiophene rings is 1. The van der Waals surface area contributed by atoms with Crippen LogP contribution in [0.25, 0.3) is 27.3 Å². The van der Waals surface area contributed by atoms with Gasteiger partial charge in [-0.25, -0.2) is 14.3 Å². The summed E-state index contributed by atoms with van der Waals surface area (Å²) in [6, 6.07) is 12.4. The number of methoxy groups -OCH3 is 1. The van der Waals surface area contributed by atoms with Crippen LogP contribution < -0.4 is 4.90 Å². The largest absolute Gasteiger partial charge is 0.465 e. The topological polar surface area (TPSA) is 76.8 Å². The SMILES string of the molecule is COC(=O)c1sc(-c2ccc(-c3cc4ncccn4n3)cc2)cc1N(CC(F)(F)F)C(=O)[C@H]1CC[C@H](C)CC1. The lowest BCUT2D eigenvalue weighted by molar-refractivity contribution is -0.135. The van der Waals surface area contributed by atoms with Gasteiger partial charge in [0.25, 0.3) is 0 Å². The molecule has 0 atom stereocenters. The van der Waals surface area contributed by atoms with Gasteiger partial charge in [-0.2, -0.15) is 18.3 Å². The van der Waals surface area contributed by atoms with Crippen molar-refractivity contribution in [2.24, 2.45) is 11.8 Å². The summed E-state index contributed by atoms with van der Waals surface area (Å²) in [6.07, 6.45) is 1.45. The predicted molar refractivity (Wildman–Crippen MR) is 143 cm³/mol. The average Bonchev–Trinajstić information content (AvgIpc) is 3.56. The van der Waals surface area contributed by atoms with Crippen molar-refractivity contribution in [1.29, 1.82) is 0 Å². The van der Waals surface area contributed by atoms with Gasteiger partial charge in [-0.05, 0) is 49.3 Å². The third-order valence-electron chi connectivity index (χ3n) is 7.04. The van der Waals surface area contributed by atoms with Crippen LogP contribution in [0.3, 0.4) is 0 Å². The molecule has 0 aliphatic heterocycles. The van der Waals surface area contributed by atoms with Crippen molar-refractivity contribution in [2.75, 3.05) is 18.6 Å². The molecule has 1 fully saturated rings. The van der Waals surface area contributed by atoms with Gasteiger partial charge in [-0.1, -0.05) is 31.2 Å². The molecule has 5 rings (SSSR count). The van der Waals surface area contributed by atoms with Crippen LogP contribution in [0.2, 0.25) is 0 Å². The Bertz CT molecular complexity index is 1450. The molecule has 0 saturated heterocycles. The molecule has 11 heteroatoms. The highest BCUT2D eigenvalue weighted by molar-refractivity contribution is 7.18. The number of hydrogen-bond acceptors (Lipinski definition) is 6. The number of fused-ring (bicyclic) bond motifs is 1. The fourth-order valence-electron chi connectivity index (χ4n) is 4.93. The molecule has 1 amide bonds. The number of carbonyl (C=O) groups excluding carboxylic acids is 2. The van der Waals surface area contributed by atoms with E-state index in [4.69, 9.17) is 4.74 Å². The normalized spacial score (nSPS) is 17.8. The highest BCUT2D eigenvalue weighted by Crippen LogP contribution is 2.41. The van der Waals surface area contributed by atoms with Crippen molar-refractivity contribution >= 4 is 34.5 Å². The molecule has 1 aliphatic carbocycles. The van der Waals surface area contributed by atoms with Crippen molar-refractivity contribution in [3.63, 3.8) is 0 Å². The zero-order chi connectivity index (χ0) is 27.7. The van der Waals surface area contributed by atoms with Crippen LogP contribution in [0.1, 0.15) is 42.3 Å². The van der Waals surface area contributed by atoms with E-state index < -0.39 is 30.5 Å².